The lowest BCUT2D eigenvalue weighted by Crippen LogP contribution is -2.43. The molecule has 0 saturated carbocycles. The molecule has 0 spiro atoms. The van der Waals surface area contributed by atoms with E-state index >= 15 is 0 Å². The maximum Gasteiger partial charge on any atom is 0.233 e. The van der Waals surface area contributed by atoms with E-state index in [0.717, 1.165) is 25.9 Å². The van der Waals surface area contributed by atoms with Gasteiger partial charge in [0.15, 0.2) is 11.5 Å². The maximum atomic E-state index is 13.6. The fourth-order valence-electron chi connectivity index (χ4n) is 4.04. The standard InChI is InChI=1S/C25H25ClFN5O3/c1-29-24(33)14-32-7-5-17(6-8-32)35-23-10-18-21(11-22(23)34-2)30-13-15(12-28)25(18)31-16-3-4-20(27)19(26)9-16/h3-4,9-11,13,17H,5-8,14H2,1-2H3,(H,29,33)(H,30,31). The van der Waals surface area contributed by atoms with Crippen LogP contribution in [0.2, 0.25) is 5.02 Å². The van der Waals surface area contributed by atoms with Crippen LogP contribution in [0, 0.1) is 17.1 Å². The Balaban J connectivity index is 1.63. The summed E-state index contributed by atoms with van der Waals surface area (Å²) in [6, 6.07) is 9.96. The quantitative estimate of drug-likeness (QED) is 0.503. The summed E-state index contributed by atoms with van der Waals surface area (Å²) in [5, 5.41) is 16.1. The molecule has 2 aromatic carbocycles. The van der Waals surface area contributed by atoms with Gasteiger partial charge < -0.3 is 20.1 Å². The number of piperidine rings is 1. The summed E-state index contributed by atoms with van der Waals surface area (Å²) in [4.78, 5) is 18.1. The number of carbonyl (C=O) groups is 1. The van der Waals surface area contributed by atoms with Crippen LogP contribution in [-0.4, -0.2) is 55.7 Å². The van der Waals surface area contributed by atoms with E-state index in [1.165, 1.54) is 18.3 Å². The van der Waals surface area contributed by atoms with Gasteiger partial charge in [-0.2, -0.15) is 5.26 Å². The molecule has 1 saturated heterocycles. The molecule has 1 amide bonds. The average molecular weight is 498 g/mol. The van der Waals surface area contributed by atoms with Crippen molar-refractivity contribution in [3.05, 3.63) is 52.9 Å². The fraction of sp³-hybridized carbons (Fsp3) is 0.320. The summed E-state index contributed by atoms with van der Waals surface area (Å²) in [5.74, 6) is 0.517. The first-order chi connectivity index (χ1) is 16.9. The van der Waals surface area contributed by atoms with Crippen molar-refractivity contribution in [3.8, 4) is 17.6 Å². The average Bonchev–Trinajstić information content (AvgIpc) is 2.87. The van der Waals surface area contributed by atoms with Gasteiger partial charge in [0.1, 0.15) is 18.0 Å². The predicted molar refractivity (Wildman–Crippen MR) is 132 cm³/mol. The molecule has 2 heterocycles. The smallest absolute Gasteiger partial charge is 0.233 e. The second-order valence-corrected chi connectivity index (χ2v) is 8.61. The molecular weight excluding hydrogens is 473 g/mol. The van der Waals surface area contributed by atoms with E-state index in [1.807, 2.05) is 0 Å². The lowest BCUT2D eigenvalue weighted by molar-refractivity contribution is -0.122. The van der Waals surface area contributed by atoms with Crippen LogP contribution in [-0.2, 0) is 4.79 Å². The molecular formula is C25H25ClFN5O3. The molecule has 1 aliphatic rings. The number of hydrogen-bond acceptors (Lipinski definition) is 7. The molecule has 1 aromatic heterocycles. The number of likely N-dealkylation sites (N-methyl/N-ethyl adjacent to an activating group) is 1. The number of nitrogens with zero attached hydrogens (tertiary/aromatic N) is 3. The van der Waals surface area contributed by atoms with Crippen LogP contribution >= 0.6 is 11.6 Å². The van der Waals surface area contributed by atoms with Crippen molar-refractivity contribution in [2.75, 3.05) is 39.1 Å². The maximum absolute atomic E-state index is 13.6. The van der Waals surface area contributed by atoms with Crippen molar-refractivity contribution in [1.29, 1.82) is 5.26 Å². The van der Waals surface area contributed by atoms with Crippen molar-refractivity contribution < 1.29 is 18.7 Å². The number of amides is 1. The van der Waals surface area contributed by atoms with Crippen LogP contribution < -0.4 is 20.1 Å². The molecule has 0 radical (unpaired) electrons. The first-order valence-corrected chi connectivity index (χ1v) is 11.5. The minimum Gasteiger partial charge on any atom is -0.493 e. The molecule has 1 fully saturated rings. The van der Waals surface area contributed by atoms with Gasteiger partial charge in [0.25, 0.3) is 0 Å². The van der Waals surface area contributed by atoms with Crippen molar-refractivity contribution in [3.63, 3.8) is 0 Å². The van der Waals surface area contributed by atoms with Crippen LogP contribution in [0.3, 0.4) is 0 Å². The van der Waals surface area contributed by atoms with E-state index in [9.17, 15) is 14.4 Å². The van der Waals surface area contributed by atoms with Crippen LogP contribution in [0.15, 0.2) is 36.5 Å². The number of hydrogen-bond donors (Lipinski definition) is 2. The SMILES string of the molecule is CNC(=O)CN1CCC(Oc2cc3c(Nc4ccc(F)c(Cl)c4)c(C#N)cnc3cc2OC)CC1. The summed E-state index contributed by atoms with van der Waals surface area (Å²) >= 11 is 5.94. The number of benzene rings is 2. The van der Waals surface area contributed by atoms with E-state index in [-0.39, 0.29) is 17.0 Å². The zero-order valence-corrected chi connectivity index (χ0v) is 20.2. The number of carbonyl (C=O) groups excluding carboxylic acids is 1. The van der Waals surface area contributed by atoms with E-state index < -0.39 is 5.82 Å². The minimum absolute atomic E-state index is 0.0103. The highest BCUT2D eigenvalue weighted by molar-refractivity contribution is 6.31. The van der Waals surface area contributed by atoms with Gasteiger partial charge in [-0.1, -0.05) is 11.6 Å². The van der Waals surface area contributed by atoms with E-state index in [1.54, 1.807) is 32.4 Å². The highest BCUT2D eigenvalue weighted by atomic mass is 35.5. The van der Waals surface area contributed by atoms with Gasteiger partial charge in [0.05, 0.1) is 35.4 Å². The van der Waals surface area contributed by atoms with Crippen LogP contribution in [0.4, 0.5) is 15.8 Å². The predicted octanol–water partition coefficient (Wildman–Crippen LogP) is 4.24. The number of anilines is 2. The normalized spacial score (nSPS) is 14.4. The Bertz CT molecular complexity index is 1290. The van der Waals surface area contributed by atoms with Crippen molar-refractivity contribution >= 4 is 39.8 Å². The van der Waals surface area contributed by atoms with Gasteiger partial charge in [-0.25, -0.2) is 4.39 Å². The third-order valence-electron chi connectivity index (χ3n) is 5.94. The Morgan fingerprint density at radius 2 is 2.06 bits per heavy atom. The Labute approximate surface area is 207 Å². The number of fused-ring (bicyclic) bond motifs is 1. The first kappa shape index (κ1) is 24.5. The zero-order chi connectivity index (χ0) is 24.9. The van der Waals surface area contributed by atoms with E-state index in [4.69, 9.17) is 21.1 Å². The zero-order valence-electron chi connectivity index (χ0n) is 19.4. The number of nitrogens with one attached hydrogen (secondary N) is 2. The van der Waals surface area contributed by atoms with E-state index in [2.05, 4.69) is 26.6 Å². The van der Waals surface area contributed by atoms with Crippen molar-refractivity contribution in [1.82, 2.24) is 15.2 Å². The molecule has 0 bridgehead atoms. The largest absolute Gasteiger partial charge is 0.493 e. The molecule has 4 rings (SSSR count). The number of methoxy groups -OCH3 is 1. The van der Waals surface area contributed by atoms with E-state index in [0.29, 0.717) is 45.9 Å². The number of pyridine rings is 1. The second kappa shape index (κ2) is 10.8. The molecule has 182 valence electrons. The third kappa shape index (κ3) is 5.56. The summed E-state index contributed by atoms with van der Waals surface area (Å²) in [6.07, 6.45) is 2.93. The highest BCUT2D eigenvalue weighted by Gasteiger charge is 2.24. The molecule has 8 nitrogen and oxygen atoms in total. The number of rotatable bonds is 7. The number of nitriles is 1. The van der Waals surface area contributed by atoms with Crippen LogP contribution in [0.5, 0.6) is 11.5 Å². The molecule has 0 unspecified atom stereocenters. The monoisotopic (exact) mass is 497 g/mol. The molecule has 0 aliphatic carbocycles. The summed E-state index contributed by atoms with van der Waals surface area (Å²) < 4.78 is 25.5. The molecule has 2 N–H and O–H groups in total. The van der Waals surface area contributed by atoms with Gasteiger partial charge in [-0.05, 0) is 37.1 Å². The highest BCUT2D eigenvalue weighted by Crippen LogP contribution is 2.38. The summed E-state index contributed by atoms with van der Waals surface area (Å²) in [7, 11) is 3.19. The molecule has 35 heavy (non-hydrogen) atoms. The minimum atomic E-state index is -0.529. The molecule has 0 atom stereocenters. The van der Waals surface area contributed by atoms with Crippen molar-refractivity contribution in [2.24, 2.45) is 0 Å². The number of ether oxygens (including phenoxy) is 2. The second-order valence-electron chi connectivity index (χ2n) is 8.20. The number of aromatic nitrogens is 1. The Morgan fingerprint density at radius 1 is 1.29 bits per heavy atom. The van der Waals surface area contributed by atoms with Crippen molar-refractivity contribution in [2.45, 2.75) is 18.9 Å². The first-order valence-electron chi connectivity index (χ1n) is 11.1. The molecule has 1 aliphatic heterocycles. The lowest BCUT2D eigenvalue weighted by Gasteiger charge is -2.31. The molecule has 3 aromatic rings. The van der Waals surface area contributed by atoms with Gasteiger partial charge in [0.2, 0.25) is 5.91 Å². The van der Waals surface area contributed by atoms with Gasteiger partial charge >= 0.3 is 0 Å². The summed E-state index contributed by atoms with van der Waals surface area (Å²) in [6.45, 7) is 1.85. The van der Waals surface area contributed by atoms with Gasteiger partial charge in [0, 0.05) is 43.5 Å². The lowest BCUT2D eigenvalue weighted by atomic mass is 10.1. The topological polar surface area (TPSA) is 99.5 Å². The summed E-state index contributed by atoms with van der Waals surface area (Å²) in [5.41, 5.74) is 1.95. The Morgan fingerprint density at radius 3 is 2.71 bits per heavy atom. The Kier molecular flexibility index (Phi) is 7.54. The van der Waals surface area contributed by atoms with Crippen LogP contribution in [0.25, 0.3) is 10.9 Å². The number of likely N-dealkylation sites (tertiary alicyclic amines) is 1. The van der Waals surface area contributed by atoms with Gasteiger partial charge in [-0.3, -0.25) is 14.7 Å². The third-order valence-corrected chi connectivity index (χ3v) is 6.23. The van der Waals surface area contributed by atoms with Crippen LogP contribution in [0.1, 0.15) is 18.4 Å². The Hall–Kier alpha value is -3.61. The van der Waals surface area contributed by atoms with Gasteiger partial charge in [-0.15, -0.1) is 0 Å². The molecule has 10 heteroatoms. The fourth-order valence-corrected chi connectivity index (χ4v) is 4.22. The number of halogens is 2.